The van der Waals surface area contributed by atoms with Crippen LogP contribution in [0.1, 0.15) is 0 Å². The minimum atomic E-state index is 0.00710. The second kappa shape index (κ2) is 12.0. The summed E-state index contributed by atoms with van der Waals surface area (Å²) in [5.41, 5.74) is 13.7. The number of aromatic nitrogens is 2. The molecule has 4 nitrogen and oxygen atoms in total. The third-order valence-electron chi connectivity index (χ3n) is 12.5. The maximum atomic E-state index is 14.4. The van der Waals surface area contributed by atoms with Gasteiger partial charge in [-0.25, -0.2) is 0 Å². The molecule has 0 aliphatic rings. The maximum absolute atomic E-state index is 14.4. The smallest absolute Gasteiger partial charge is 0.263 e. The van der Waals surface area contributed by atoms with Gasteiger partial charge in [0.25, 0.3) is 5.56 Å². The zero-order chi connectivity index (χ0) is 38.8. The van der Waals surface area contributed by atoms with Crippen molar-refractivity contribution in [3.05, 3.63) is 204 Å². The topological polar surface area (TPSA) is 39.5 Å². The molecule has 13 aromatic rings. The quantitative estimate of drug-likeness (QED) is 0.168. The van der Waals surface area contributed by atoms with Crippen LogP contribution in [0.4, 0.5) is 0 Å². The van der Waals surface area contributed by atoms with Gasteiger partial charge in [0.05, 0.1) is 22.1 Å². The number of furan rings is 1. The summed E-state index contributed by atoms with van der Waals surface area (Å²) in [4.78, 5) is 14.4. The molecule has 4 heterocycles. The molecule has 0 radical (unpaired) electrons. The lowest BCUT2D eigenvalue weighted by molar-refractivity contribution is 0.670. The molecular weight excluding hydrogens is 721 g/mol. The minimum absolute atomic E-state index is 0.00710. The third kappa shape index (κ3) is 4.57. The summed E-state index contributed by atoms with van der Waals surface area (Å²) in [5.74, 6) is 0. The van der Waals surface area contributed by atoms with E-state index in [-0.39, 0.29) is 5.56 Å². The summed E-state index contributed by atoms with van der Waals surface area (Å²) in [6.07, 6.45) is 0. The van der Waals surface area contributed by atoms with Gasteiger partial charge < -0.3 is 8.98 Å². The highest BCUT2D eigenvalue weighted by Crippen LogP contribution is 2.41. The van der Waals surface area contributed by atoms with E-state index in [0.717, 1.165) is 105 Å². The monoisotopic (exact) mass is 752 g/mol. The molecule has 59 heavy (non-hydrogen) atoms. The third-order valence-corrected chi connectivity index (χ3v) is 12.5. The van der Waals surface area contributed by atoms with E-state index in [4.69, 9.17) is 4.42 Å². The second-order valence-corrected chi connectivity index (χ2v) is 15.6. The van der Waals surface area contributed by atoms with Crippen molar-refractivity contribution in [1.29, 1.82) is 0 Å². The molecule has 0 atom stereocenters. The van der Waals surface area contributed by atoms with Crippen LogP contribution < -0.4 is 5.56 Å². The molecule has 4 heteroatoms. The van der Waals surface area contributed by atoms with Crippen molar-refractivity contribution in [1.82, 2.24) is 8.97 Å². The Morgan fingerprint density at radius 1 is 0.356 bits per heavy atom. The van der Waals surface area contributed by atoms with Gasteiger partial charge in [0, 0.05) is 54.3 Å². The van der Waals surface area contributed by atoms with Crippen molar-refractivity contribution >= 4 is 81.7 Å². The van der Waals surface area contributed by atoms with Crippen LogP contribution in [0, 0.1) is 0 Å². The Bertz CT molecular complexity index is 3920. The molecule has 0 amide bonds. The molecule has 0 bridgehead atoms. The molecule has 0 saturated heterocycles. The fourth-order valence-corrected chi connectivity index (χ4v) is 9.78. The SMILES string of the molecule is O=c1c2ccc(-c3cccc(-n4c5ccccc5c5cc(-c6cccc7c6oc6ccccc67)ccc54)c3)cc2c2cccc3c4cc(-c5ccccc5)ccc4n1c23. The highest BCUT2D eigenvalue weighted by molar-refractivity contribution is 6.21. The van der Waals surface area contributed by atoms with E-state index < -0.39 is 0 Å². The van der Waals surface area contributed by atoms with E-state index in [1.54, 1.807) is 0 Å². The van der Waals surface area contributed by atoms with Crippen LogP contribution in [-0.4, -0.2) is 8.97 Å². The Hall–Kier alpha value is -7.95. The van der Waals surface area contributed by atoms with Gasteiger partial charge in [0.1, 0.15) is 11.2 Å². The number of nitrogens with zero attached hydrogens (tertiary/aromatic N) is 2. The van der Waals surface area contributed by atoms with Gasteiger partial charge in [0.15, 0.2) is 0 Å². The molecule has 9 aromatic carbocycles. The van der Waals surface area contributed by atoms with E-state index in [9.17, 15) is 4.79 Å². The standard InChI is InChI=1S/C55H32N2O2/c58-55-45-26-23-36(30-46(45)42-18-10-19-43-48-31-35(33-11-2-1-3-12-33)24-27-51(48)57(55)53(42)43)34-13-8-14-38(29-34)56-49-21-6-4-15-40(49)47-32-37(25-28-50(47)56)39-17-9-20-44-41-16-5-7-22-52(41)59-54(39)44/h1-32H. The molecule has 0 fully saturated rings. The molecular formula is C55H32N2O2. The van der Waals surface area contributed by atoms with Crippen LogP contribution in [0.5, 0.6) is 0 Å². The zero-order valence-corrected chi connectivity index (χ0v) is 31.7. The van der Waals surface area contributed by atoms with E-state index in [1.165, 1.54) is 10.8 Å². The molecule has 274 valence electrons. The average molecular weight is 753 g/mol. The number of fused-ring (bicyclic) bond motifs is 11. The van der Waals surface area contributed by atoms with E-state index >= 15 is 0 Å². The zero-order valence-electron chi connectivity index (χ0n) is 31.7. The number of pyridine rings is 1. The molecule has 0 saturated carbocycles. The largest absolute Gasteiger partial charge is 0.455 e. The summed E-state index contributed by atoms with van der Waals surface area (Å²) < 4.78 is 10.7. The average Bonchev–Trinajstić information content (AvgIpc) is 3.96. The van der Waals surface area contributed by atoms with Gasteiger partial charge in [-0.3, -0.25) is 9.20 Å². The van der Waals surface area contributed by atoms with Gasteiger partial charge in [-0.15, -0.1) is 0 Å². The Balaban J connectivity index is 0.962. The molecule has 0 N–H and O–H groups in total. The first kappa shape index (κ1) is 32.2. The van der Waals surface area contributed by atoms with E-state index in [0.29, 0.717) is 5.39 Å². The minimum Gasteiger partial charge on any atom is -0.455 e. The van der Waals surface area contributed by atoms with E-state index in [1.807, 2.05) is 28.7 Å². The number of benzene rings is 9. The van der Waals surface area contributed by atoms with Crippen LogP contribution in [0.15, 0.2) is 203 Å². The normalized spacial score (nSPS) is 12.1. The van der Waals surface area contributed by atoms with Crippen molar-refractivity contribution < 1.29 is 4.42 Å². The van der Waals surface area contributed by atoms with Gasteiger partial charge in [-0.05, 0) is 93.9 Å². The fourth-order valence-electron chi connectivity index (χ4n) is 9.78. The number of hydrogen-bond donors (Lipinski definition) is 0. The van der Waals surface area contributed by atoms with Crippen LogP contribution >= 0.6 is 0 Å². The lowest BCUT2D eigenvalue weighted by atomic mass is 9.98. The lowest BCUT2D eigenvalue weighted by Crippen LogP contribution is -2.12. The first-order chi connectivity index (χ1) is 29.2. The Morgan fingerprint density at radius 2 is 0.949 bits per heavy atom. The molecule has 0 aliphatic carbocycles. The van der Waals surface area contributed by atoms with Crippen molar-refractivity contribution in [2.45, 2.75) is 0 Å². The molecule has 4 aromatic heterocycles. The van der Waals surface area contributed by atoms with Crippen LogP contribution in [0.25, 0.3) is 121 Å². The van der Waals surface area contributed by atoms with Gasteiger partial charge >= 0.3 is 0 Å². The first-order valence-corrected chi connectivity index (χ1v) is 20.0. The summed E-state index contributed by atoms with van der Waals surface area (Å²) in [7, 11) is 0. The summed E-state index contributed by atoms with van der Waals surface area (Å²) >= 11 is 0. The fraction of sp³-hybridized carbons (Fsp3) is 0. The van der Waals surface area contributed by atoms with Crippen molar-refractivity contribution in [3.63, 3.8) is 0 Å². The van der Waals surface area contributed by atoms with Gasteiger partial charge in [0.2, 0.25) is 0 Å². The number of rotatable bonds is 4. The Labute approximate surface area is 337 Å². The summed E-state index contributed by atoms with van der Waals surface area (Å²) in [6, 6.07) is 68.4. The van der Waals surface area contributed by atoms with Gasteiger partial charge in [-0.2, -0.15) is 0 Å². The van der Waals surface area contributed by atoms with Crippen LogP contribution in [0.3, 0.4) is 0 Å². The maximum Gasteiger partial charge on any atom is 0.263 e. The number of para-hydroxylation sites is 4. The summed E-state index contributed by atoms with van der Waals surface area (Å²) in [5, 5.41) is 9.56. The lowest BCUT2D eigenvalue weighted by Gasteiger charge is -2.12. The predicted molar refractivity (Wildman–Crippen MR) is 245 cm³/mol. The highest BCUT2D eigenvalue weighted by Gasteiger charge is 2.20. The molecule has 0 aliphatic heterocycles. The Kier molecular flexibility index (Phi) is 6.56. The van der Waals surface area contributed by atoms with E-state index in [2.05, 4.69) is 174 Å². The summed E-state index contributed by atoms with van der Waals surface area (Å²) in [6.45, 7) is 0. The van der Waals surface area contributed by atoms with Crippen LogP contribution in [0.2, 0.25) is 0 Å². The second-order valence-electron chi connectivity index (χ2n) is 15.6. The van der Waals surface area contributed by atoms with Crippen molar-refractivity contribution in [2.75, 3.05) is 0 Å². The van der Waals surface area contributed by atoms with Crippen molar-refractivity contribution in [3.8, 4) is 39.1 Å². The Morgan fingerprint density at radius 3 is 1.86 bits per heavy atom. The number of hydrogen-bond acceptors (Lipinski definition) is 2. The molecule has 13 rings (SSSR count). The van der Waals surface area contributed by atoms with Crippen LogP contribution in [-0.2, 0) is 0 Å². The van der Waals surface area contributed by atoms with Crippen molar-refractivity contribution in [2.24, 2.45) is 0 Å². The predicted octanol–water partition coefficient (Wildman–Crippen LogP) is 14.2. The molecule has 0 unspecified atom stereocenters. The molecule has 0 spiro atoms. The highest BCUT2D eigenvalue weighted by atomic mass is 16.3. The first-order valence-electron chi connectivity index (χ1n) is 20.0. The van der Waals surface area contributed by atoms with Gasteiger partial charge in [-0.1, -0.05) is 133 Å².